The van der Waals surface area contributed by atoms with Crippen LogP contribution in [0.3, 0.4) is 0 Å². The first kappa shape index (κ1) is 12.9. The van der Waals surface area contributed by atoms with Gasteiger partial charge in [0.05, 0.1) is 0 Å². The van der Waals surface area contributed by atoms with Gasteiger partial charge in [-0.3, -0.25) is 4.79 Å². The Bertz CT molecular complexity index is 486. The van der Waals surface area contributed by atoms with Crippen LogP contribution in [-0.4, -0.2) is 23.0 Å². The van der Waals surface area contributed by atoms with E-state index in [2.05, 4.69) is 5.32 Å². The van der Waals surface area contributed by atoms with Crippen molar-refractivity contribution in [1.29, 1.82) is 0 Å². The van der Waals surface area contributed by atoms with Crippen molar-refractivity contribution in [2.45, 2.75) is 25.8 Å². The van der Waals surface area contributed by atoms with E-state index in [0.717, 1.165) is 5.56 Å². The van der Waals surface area contributed by atoms with Crippen molar-refractivity contribution in [1.82, 2.24) is 5.32 Å². The van der Waals surface area contributed by atoms with Gasteiger partial charge in [0.1, 0.15) is 6.04 Å². The highest BCUT2D eigenvalue weighted by Gasteiger charge is 2.47. The molecule has 96 valence electrons. The monoisotopic (exact) mass is 267 g/mol. The lowest BCUT2D eigenvalue weighted by Crippen LogP contribution is -2.43. The number of carbonyl (C=O) groups excluding carboxylic acids is 1. The summed E-state index contributed by atoms with van der Waals surface area (Å²) in [6.45, 7) is 1.82. The number of carbonyl (C=O) groups is 2. The number of aliphatic carboxylic acids is 1. The summed E-state index contributed by atoms with van der Waals surface area (Å²) >= 11 is 5.80. The first-order valence-corrected chi connectivity index (χ1v) is 6.05. The summed E-state index contributed by atoms with van der Waals surface area (Å²) < 4.78 is 0. The molecule has 1 fully saturated rings. The third kappa shape index (κ3) is 2.48. The summed E-state index contributed by atoms with van der Waals surface area (Å²) in [6.07, 6.45) is 0.756. The van der Waals surface area contributed by atoms with E-state index in [1.165, 1.54) is 0 Å². The van der Waals surface area contributed by atoms with Gasteiger partial charge < -0.3 is 10.4 Å². The van der Waals surface area contributed by atoms with Crippen molar-refractivity contribution in [3.63, 3.8) is 0 Å². The smallest absolute Gasteiger partial charge is 0.326 e. The zero-order valence-corrected chi connectivity index (χ0v) is 10.7. The molecule has 5 heteroatoms. The van der Waals surface area contributed by atoms with Gasteiger partial charge >= 0.3 is 5.97 Å². The molecule has 1 aliphatic rings. The van der Waals surface area contributed by atoms with Crippen LogP contribution in [0.2, 0.25) is 5.02 Å². The molecule has 0 bridgehead atoms. The van der Waals surface area contributed by atoms with Crippen molar-refractivity contribution in [2.24, 2.45) is 5.41 Å². The number of carboxylic acids is 1. The average Bonchev–Trinajstić information content (AvgIpc) is 2.57. The molecule has 1 aromatic carbocycles. The molecule has 1 saturated heterocycles. The number of amides is 1. The summed E-state index contributed by atoms with van der Waals surface area (Å²) in [4.78, 5) is 22.6. The van der Waals surface area contributed by atoms with Crippen LogP contribution in [0.15, 0.2) is 24.3 Å². The Hall–Kier alpha value is -1.55. The van der Waals surface area contributed by atoms with Crippen LogP contribution < -0.4 is 5.32 Å². The van der Waals surface area contributed by atoms with Crippen molar-refractivity contribution in [3.8, 4) is 0 Å². The van der Waals surface area contributed by atoms with Crippen LogP contribution in [0.5, 0.6) is 0 Å². The van der Waals surface area contributed by atoms with E-state index < -0.39 is 17.4 Å². The predicted molar refractivity (Wildman–Crippen MR) is 67.4 cm³/mol. The van der Waals surface area contributed by atoms with E-state index in [1.807, 2.05) is 19.1 Å². The van der Waals surface area contributed by atoms with E-state index >= 15 is 0 Å². The lowest BCUT2D eigenvalue weighted by atomic mass is 9.77. The van der Waals surface area contributed by atoms with Gasteiger partial charge in [0.15, 0.2) is 0 Å². The second-order valence-corrected chi connectivity index (χ2v) is 5.41. The van der Waals surface area contributed by atoms with Crippen LogP contribution in [0.1, 0.15) is 18.9 Å². The molecular formula is C13H14ClNO3. The molecule has 18 heavy (non-hydrogen) atoms. The standard InChI is InChI=1S/C13H14ClNO3/c1-13(6-8-2-4-9(14)5-3-8)7-10(16)15-11(13)12(17)18/h2-5,11H,6-7H2,1H3,(H,15,16)(H,17,18). The summed E-state index contributed by atoms with van der Waals surface area (Å²) in [5.41, 5.74) is 0.376. The van der Waals surface area contributed by atoms with E-state index in [-0.39, 0.29) is 12.3 Å². The SMILES string of the molecule is CC1(Cc2ccc(Cl)cc2)CC(=O)NC1C(=O)O. The highest BCUT2D eigenvalue weighted by atomic mass is 35.5. The molecule has 0 spiro atoms. The Morgan fingerprint density at radius 1 is 1.50 bits per heavy atom. The second kappa shape index (κ2) is 4.61. The summed E-state index contributed by atoms with van der Waals surface area (Å²) in [6, 6.07) is 6.41. The first-order chi connectivity index (χ1) is 8.40. The molecule has 2 N–H and O–H groups in total. The summed E-state index contributed by atoms with van der Waals surface area (Å²) in [5, 5.41) is 12.3. The van der Waals surface area contributed by atoms with E-state index in [1.54, 1.807) is 12.1 Å². The molecule has 2 unspecified atom stereocenters. The van der Waals surface area contributed by atoms with Crippen molar-refractivity contribution in [3.05, 3.63) is 34.9 Å². The zero-order chi connectivity index (χ0) is 13.3. The number of carboxylic acid groups (broad SMARTS) is 1. The van der Waals surface area contributed by atoms with Gasteiger partial charge in [0, 0.05) is 16.9 Å². The minimum atomic E-state index is -0.989. The maximum absolute atomic E-state index is 11.4. The third-order valence-corrected chi connectivity index (χ3v) is 3.59. The van der Waals surface area contributed by atoms with Gasteiger partial charge in [-0.2, -0.15) is 0 Å². The normalized spacial score (nSPS) is 27.0. The number of benzene rings is 1. The van der Waals surface area contributed by atoms with Crippen LogP contribution in [0.25, 0.3) is 0 Å². The van der Waals surface area contributed by atoms with Crippen molar-refractivity contribution >= 4 is 23.5 Å². The summed E-state index contributed by atoms with van der Waals surface area (Å²) in [7, 11) is 0. The highest BCUT2D eigenvalue weighted by molar-refractivity contribution is 6.30. The molecule has 4 nitrogen and oxygen atoms in total. The van der Waals surface area contributed by atoms with Gasteiger partial charge in [-0.05, 0) is 24.1 Å². The molecule has 0 aliphatic carbocycles. The van der Waals surface area contributed by atoms with Gasteiger partial charge in [-0.25, -0.2) is 4.79 Å². The predicted octanol–water partition coefficient (Wildman–Crippen LogP) is 1.86. The topological polar surface area (TPSA) is 66.4 Å². The Kier molecular flexibility index (Phi) is 3.30. The van der Waals surface area contributed by atoms with Gasteiger partial charge in [-0.1, -0.05) is 30.7 Å². The third-order valence-electron chi connectivity index (χ3n) is 3.33. The fourth-order valence-electron chi connectivity index (χ4n) is 2.45. The van der Waals surface area contributed by atoms with Crippen LogP contribution in [-0.2, 0) is 16.0 Å². The summed E-state index contributed by atoms with van der Waals surface area (Å²) in [5.74, 6) is -1.20. The number of hydrogen-bond donors (Lipinski definition) is 2. The second-order valence-electron chi connectivity index (χ2n) is 4.97. The minimum absolute atomic E-state index is 0.209. The highest BCUT2D eigenvalue weighted by Crippen LogP contribution is 2.35. The molecule has 2 atom stereocenters. The Morgan fingerprint density at radius 3 is 2.67 bits per heavy atom. The molecule has 0 radical (unpaired) electrons. The Morgan fingerprint density at radius 2 is 2.11 bits per heavy atom. The van der Waals surface area contributed by atoms with Gasteiger partial charge in [0.2, 0.25) is 5.91 Å². The molecular weight excluding hydrogens is 254 g/mol. The largest absolute Gasteiger partial charge is 0.480 e. The first-order valence-electron chi connectivity index (χ1n) is 5.67. The van der Waals surface area contributed by atoms with E-state index in [9.17, 15) is 9.59 Å². The number of hydrogen-bond acceptors (Lipinski definition) is 2. The van der Waals surface area contributed by atoms with E-state index in [4.69, 9.17) is 16.7 Å². The maximum Gasteiger partial charge on any atom is 0.326 e. The average molecular weight is 268 g/mol. The number of halogens is 1. The number of nitrogens with one attached hydrogen (secondary N) is 1. The van der Waals surface area contributed by atoms with Gasteiger partial charge in [-0.15, -0.1) is 0 Å². The molecule has 1 aromatic rings. The molecule has 0 saturated carbocycles. The lowest BCUT2D eigenvalue weighted by Gasteiger charge is -2.27. The Balaban J connectivity index is 2.22. The molecule has 1 amide bonds. The quantitative estimate of drug-likeness (QED) is 0.878. The van der Waals surface area contributed by atoms with Crippen molar-refractivity contribution in [2.75, 3.05) is 0 Å². The maximum atomic E-state index is 11.4. The fraction of sp³-hybridized carbons (Fsp3) is 0.385. The van der Waals surface area contributed by atoms with Gasteiger partial charge in [0.25, 0.3) is 0 Å². The molecule has 0 aromatic heterocycles. The van der Waals surface area contributed by atoms with Crippen LogP contribution in [0.4, 0.5) is 0 Å². The molecule has 1 heterocycles. The Labute approximate surface area is 110 Å². The molecule has 2 rings (SSSR count). The fourth-order valence-corrected chi connectivity index (χ4v) is 2.57. The van der Waals surface area contributed by atoms with E-state index in [0.29, 0.717) is 11.4 Å². The van der Waals surface area contributed by atoms with Crippen LogP contribution >= 0.6 is 11.6 Å². The minimum Gasteiger partial charge on any atom is -0.480 e. The molecule has 1 aliphatic heterocycles. The number of rotatable bonds is 3. The van der Waals surface area contributed by atoms with Crippen molar-refractivity contribution < 1.29 is 14.7 Å². The lowest BCUT2D eigenvalue weighted by molar-refractivity contribution is -0.142. The van der Waals surface area contributed by atoms with Crippen LogP contribution in [0, 0.1) is 5.41 Å². The zero-order valence-electron chi connectivity index (χ0n) is 9.94.